The molecule has 3 nitrogen and oxygen atoms in total. The molecule has 0 bridgehead atoms. The van der Waals surface area contributed by atoms with Crippen LogP contribution in [0.1, 0.15) is 58.9 Å². The molecule has 26 heavy (non-hydrogen) atoms. The van der Waals surface area contributed by atoms with E-state index in [1.807, 2.05) is 0 Å². The molecule has 2 aromatic rings. The van der Waals surface area contributed by atoms with Crippen LogP contribution in [0.5, 0.6) is 0 Å². The zero-order valence-corrected chi connectivity index (χ0v) is 16.6. The summed E-state index contributed by atoms with van der Waals surface area (Å²) in [4.78, 5) is 10.9. The first-order valence-corrected chi connectivity index (χ1v) is 9.81. The molecule has 1 N–H and O–H groups in total. The Labute approximate surface area is 157 Å². The number of benzene rings is 2. The second-order valence-electron chi connectivity index (χ2n) is 7.94. The zero-order valence-electron chi connectivity index (χ0n) is 16.6. The van der Waals surface area contributed by atoms with Crippen LogP contribution in [0.4, 0.5) is 5.69 Å². The lowest BCUT2D eigenvalue weighted by Gasteiger charge is -2.17. The van der Waals surface area contributed by atoms with E-state index in [0.717, 1.165) is 19.5 Å². The fourth-order valence-electron chi connectivity index (χ4n) is 4.14. The summed E-state index contributed by atoms with van der Waals surface area (Å²) < 4.78 is 2.52. The van der Waals surface area contributed by atoms with Crippen molar-refractivity contribution < 1.29 is 9.37 Å². The van der Waals surface area contributed by atoms with E-state index in [0.29, 0.717) is 0 Å². The Balaban J connectivity index is 1.70. The van der Waals surface area contributed by atoms with Crippen molar-refractivity contribution in [3.8, 4) is 0 Å². The molecule has 0 aromatic heterocycles. The van der Waals surface area contributed by atoms with Gasteiger partial charge in [-0.1, -0.05) is 30.7 Å². The summed E-state index contributed by atoms with van der Waals surface area (Å²) in [5.74, 6) is 0.0679. The maximum absolute atomic E-state index is 10.9. The molecule has 0 saturated carbocycles. The van der Waals surface area contributed by atoms with Crippen LogP contribution in [0.15, 0.2) is 36.4 Å². The number of hydrogen-bond donors (Lipinski definition) is 1. The Morgan fingerprint density at radius 2 is 1.77 bits per heavy atom. The molecule has 1 amide bonds. The third-order valence-electron chi connectivity index (χ3n) is 5.81. The number of hydrogen-bond acceptors (Lipinski definition) is 1. The number of rotatable bonds is 7. The minimum absolute atomic E-state index is 0.0679. The average molecular weight is 352 g/mol. The molecule has 3 heteroatoms. The lowest BCUT2D eigenvalue weighted by atomic mass is 9.80. The van der Waals surface area contributed by atoms with Crippen LogP contribution in [-0.2, 0) is 10.2 Å². The number of carbonyl (C=O) groups is 1. The van der Waals surface area contributed by atoms with Gasteiger partial charge in [-0.2, -0.15) is 4.58 Å². The summed E-state index contributed by atoms with van der Waals surface area (Å²) in [6.45, 7) is 10.4. The summed E-state index contributed by atoms with van der Waals surface area (Å²) in [5.41, 5.74) is 4.37. The maximum atomic E-state index is 10.9. The molecule has 0 aliphatic carbocycles. The fourth-order valence-corrected chi connectivity index (χ4v) is 4.14. The van der Waals surface area contributed by atoms with Gasteiger partial charge < -0.3 is 5.32 Å². The van der Waals surface area contributed by atoms with Gasteiger partial charge in [0.15, 0.2) is 5.71 Å². The van der Waals surface area contributed by atoms with Gasteiger partial charge in [-0.25, -0.2) is 0 Å². The molecule has 2 aromatic carbocycles. The van der Waals surface area contributed by atoms with Crippen LogP contribution in [0.25, 0.3) is 10.8 Å². The average Bonchev–Trinajstić information content (AvgIpc) is 2.81. The molecule has 1 heterocycles. The van der Waals surface area contributed by atoms with E-state index >= 15 is 0 Å². The van der Waals surface area contributed by atoms with Gasteiger partial charge in [0.25, 0.3) is 0 Å². The van der Waals surface area contributed by atoms with Crippen LogP contribution >= 0.6 is 0 Å². The predicted octanol–water partition coefficient (Wildman–Crippen LogP) is 4.93. The van der Waals surface area contributed by atoms with E-state index in [9.17, 15) is 4.79 Å². The van der Waals surface area contributed by atoms with E-state index in [1.165, 1.54) is 47.0 Å². The van der Waals surface area contributed by atoms with Crippen molar-refractivity contribution in [1.82, 2.24) is 5.32 Å². The molecule has 1 aliphatic heterocycles. The molecule has 1 aliphatic rings. The normalized spacial score (nSPS) is 15.4. The fraction of sp³-hybridized carbons (Fsp3) is 0.478. The number of unbranched alkanes of at least 4 members (excludes halogenated alkanes) is 3. The number of fused-ring (bicyclic) bond motifs is 3. The van der Waals surface area contributed by atoms with Crippen molar-refractivity contribution in [2.45, 2.75) is 58.8 Å². The van der Waals surface area contributed by atoms with E-state index in [-0.39, 0.29) is 11.3 Å². The molecule has 0 saturated heterocycles. The van der Waals surface area contributed by atoms with Crippen molar-refractivity contribution in [2.24, 2.45) is 0 Å². The van der Waals surface area contributed by atoms with Crippen molar-refractivity contribution in [3.63, 3.8) is 0 Å². The number of carbonyl (C=O) groups excluding carboxylic acids is 1. The predicted molar refractivity (Wildman–Crippen MR) is 110 cm³/mol. The zero-order chi connectivity index (χ0) is 18.7. The molecule has 138 valence electrons. The summed E-state index contributed by atoms with van der Waals surface area (Å²) in [7, 11) is 0. The molecule has 3 rings (SSSR count). The first-order chi connectivity index (χ1) is 12.4. The Morgan fingerprint density at radius 1 is 1.04 bits per heavy atom. The number of nitrogens with one attached hydrogen (secondary N) is 1. The van der Waals surface area contributed by atoms with Crippen LogP contribution in [-0.4, -0.2) is 29.3 Å². The number of nitrogens with zero attached hydrogens (tertiary/aromatic N) is 1. The highest BCUT2D eigenvalue weighted by Crippen LogP contribution is 2.43. The molecule has 0 unspecified atom stereocenters. The first-order valence-electron chi connectivity index (χ1n) is 9.81. The molecule has 0 fully saturated rings. The highest BCUT2D eigenvalue weighted by molar-refractivity contribution is 6.01. The van der Waals surface area contributed by atoms with Gasteiger partial charge in [0, 0.05) is 38.4 Å². The summed E-state index contributed by atoms with van der Waals surface area (Å²) in [6.07, 6.45) is 4.61. The molecule has 0 spiro atoms. The van der Waals surface area contributed by atoms with Gasteiger partial charge in [0.05, 0.1) is 5.41 Å². The van der Waals surface area contributed by atoms with Gasteiger partial charge in [0.2, 0.25) is 11.6 Å². The summed E-state index contributed by atoms with van der Waals surface area (Å²) in [6, 6.07) is 13.3. The van der Waals surface area contributed by atoms with E-state index in [2.05, 4.69) is 67.1 Å². The Kier molecular flexibility index (Phi) is 5.45. The van der Waals surface area contributed by atoms with Gasteiger partial charge in [0.1, 0.15) is 6.54 Å². The van der Waals surface area contributed by atoms with Crippen LogP contribution in [0, 0.1) is 0 Å². The van der Waals surface area contributed by atoms with E-state index in [1.54, 1.807) is 6.92 Å². The van der Waals surface area contributed by atoms with E-state index < -0.39 is 0 Å². The van der Waals surface area contributed by atoms with Gasteiger partial charge in [-0.15, -0.1) is 0 Å². The molecular formula is C23H31N2O+. The minimum atomic E-state index is 0.0679. The largest absolute Gasteiger partial charge is 0.356 e. The Hall–Kier alpha value is -2.16. The van der Waals surface area contributed by atoms with Crippen molar-refractivity contribution in [3.05, 3.63) is 42.0 Å². The Bertz CT molecular complexity index is 848. The monoisotopic (exact) mass is 351 g/mol. The van der Waals surface area contributed by atoms with Gasteiger partial charge in [-0.3, -0.25) is 4.79 Å². The quantitative estimate of drug-likeness (QED) is 0.556. The van der Waals surface area contributed by atoms with Crippen molar-refractivity contribution >= 4 is 28.1 Å². The highest BCUT2D eigenvalue weighted by Gasteiger charge is 2.43. The molecule has 0 atom stereocenters. The highest BCUT2D eigenvalue weighted by atomic mass is 16.1. The van der Waals surface area contributed by atoms with E-state index in [4.69, 9.17) is 0 Å². The van der Waals surface area contributed by atoms with Crippen LogP contribution in [0.3, 0.4) is 0 Å². The third-order valence-corrected chi connectivity index (χ3v) is 5.81. The topological polar surface area (TPSA) is 32.1 Å². The van der Waals surface area contributed by atoms with Crippen LogP contribution < -0.4 is 5.32 Å². The third kappa shape index (κ3) is 3.53. The smallest absolute Gasteiger partial charge is 0.216 e. The summed E-state index contributed by atoms with van der Waals surface area (Å²) >= 11 is 0. The van der Waals surface area contributed by atoms with Gasteiger partial charge >= 0.3 is 0 Å². The van der Waals surface area contributed by atoms with Crippen LogP contribution in [0.2, 0.25) is 0 Å². The lowest BCUT2D eigenvalue weighted by molar-refractivity contribution is -0.439. The second-order valence-corrected chi connectivity index (χ2v) is 7.94. The standard InChI is InChI=1S/C23H30N2O/c1-17-23(3,4)22-20-12-8-7-11-19(20)13-14-21(22)25(17)16-10-6-5-9-15-24-18(2)26/h7-8,11-14H,5-6,9-10,15-16H2,1-4H3/p+1. The second kappa shape index (κ2) is 7.61. The lowest BCUT2D eigenvalue weighted by Crippen LogP contribution is -2.27. The first kappa shape index (κ1) is 18.6. The Morgan fingerprint density at radius 3 is 2.54 bits per heavy atom. The number of amides is 1. The SMILES string of the molecule is CC(=O)NCCCCCC[N+]1=C(C)C(C)(C)c2c1ccc1ccccc21. The van der Waals surface area contributed by atoms with Gasteiger partial charge in [-0.05, 0) is 43.5 Å². The molecular weight excluding hydrogens is 320 g/mol. The maximum Gasteiger partial charge on any atom is 0.216 e. The minimum Gasteiger partial charge on any atom is -0.356 e. The van der Waals surface area contributed by atoms with Crippen molar-refractivity contribution in [2.75, 3.05) is 13.1 Å². The molecule has 0 radical (unpaired) electrons. The summed E-state index contributed by atoms with van der Waals surface area (Å²) in [5, 5.41) is 5.58. The van der Waals surface area contributed by atoms with Crippen molar-refractivity contribution in [1.29, 1.82) is 0 Å².